The molecule has 5 heteroatoms. The summed E-state index contributed by atoms with van der Waals surface area (Å²) >= 11 is 7.47. The van der Waals surface area contributed by atoms with Gasteiger partial charge in [-0.1, -0.05) is 30.7 Å². The van der Waals surface area contributed by atoms with Crippen molar-refractivity contribution in [2.24, 2.45) is 0 Å². The second kappa shape index (κ2) is 6.14. The number of nitriles is 1. The van der Waals surface area contributed by atoms with Gasteiger partial charge < -0.3 is 5.32 Å². The van der Waals surface area contributed by atoms with Gasteiger partial charge in [0.1, 0.15) is 0 Å². The molecule has 2 rings (SSSR count). The van der Waals surface area contributed by atoms with Crippen LogP contribution in [-0.2, 0) is 4.79 Å². The Labute approximate surface area is 121 Å². The van der Waals surface area contributed by atoms with E-state index in [1.165, 1.54) is 11.8 Å². The zero-order chi connectivity index (χ0) is 13.8. The lowest BCUT2D eigenvalue weighted by Gasteiger charge is -2.24. The maximum atomic E-state index is 11.8. The monoisotopic (exact) mass is 292 g/mol. The summed E-state index contributed by atoms with van der Waals surface area (Å²) in [7, 11) is 0. The second-order valence-electron chi connectivity index (χ2n) is 4.15. The number of carbonyl (C=O) groups is 1. The minimum atomic E-state index is -0.202. The first-order valence-corrected chi connectivity index (χ1v) is 7.34. The van der Waals surface area contributed by atoms with E-state index in [1.54, 1.807) is 6.07 Å². The number of amides is 1. The Balaban J connectivity index is 2.45. The molecule has 0 radical (unpaired) electrons. The average Bonchev–Trinajstić information content (AvgIpc) is 2.38. The zero-order valence-electron chi connectivity index (χ0n) is 10.4. The molecule has 1 aliphatic heterocycles. The number of hydrogen-bond acceptors (Lipinski definition) is 3. The fourth-order valence-corrected chi connectivity index (χ4v) is 3.10. The van der Waals surface area contributed by atoms with E-state index in [4.69, 9.17) is 11.6 Å². The molecular weight excluding hydrogens is 280 g/mol. The van der Waals surface area contributed by atoms with Crippen LogP contribution >= 0.6 is 23.4 Å². The van der Waals surface area contributed by atoms with E-state index >= 15 is 0 Å². The Morgan fingerprint density at radius 1 is 1.58 bits per heavy atom. The summed E-state index contributed by atoms with van der Waals surface area (Å²) in [4.78, 5) is 11.8. The van der Waals surface area contributed by atoms with Gasteiger partial charge >= 0.3 is 0 Å². The summed E-state index contributed by atoms with van der Waals surface area (Å²) in [5.74, 6) is 0.551. The fourth-order valence-electron chi connectivity index (χ4n) is 2.09. The van der Waals surface area contributed by atoms with Gasteiger partial charge in [-0.25, -0.2) is 0 Å². The smallest absolute Gasteiger partial charge is 0.225 e. The Bertz CT molecular complexity index is 577. The lowest BCUT2D eigenvalue weighted by molar-refractivity contribution is -0.120. The second-order valence-corrected chi connectivity index (χ2v) is 5.86. The normalized spacial score (nSPS) is 19.0. The zero-order valence-corrected chi connectivity index (χ0v) is 12.0. The Morgan fingerprint density at radius 2 is 2.37 bits per heavy atom. The van der Waals surface area contributed by atoms with E-state index in [0.717, 1.165) is 11.3 Å². The van der Waals surface area contributed by atoms with Crippen LogP contribution in [-0.4, -0.2) is 11.7 Å². The molecule has 0 aliphatic carbocycles. The van der Waals surface area contributed by atoms with Crippen molar-refractivity contribution in [3.63, 3.8) is 0 Å². The summed E-state index contributed by atoms with van der Waals surface area (Å²) in [6, 6.07) is 9.57. The van der Waals surface area contributed by atoms with Gasteiger partial charge in [-0.05, 0) is 23.4 Å². The van der Waals surface area contributed by atoms with E-state index in [1.807, 2.05) is 25.1 Å². The number of benzene rings is 1. The van der Waals surface area contributed by atoms with Gasteiger partial charge in [-0.2, -0.15) is 5.26 Å². The van der Waals surface area contributed by atoms with E-state index in [0.29, 0.717) is 15.6 Å². The molecule has 0 saturated carbocycles. The third-order valence-corrected chi connectivity index (χ3v) is 4.03. The van der Waals surface area contributed by atoms with Gasteiger partial charge in [0.05, 0.1) is 16.7 Å². The summed E-state index contributed by atoms with van der Waals surface area (Å²) in [6.07, 6.45) is 0.289. The number of carbonyl (C=O) groups excluding carboxylic acids is 1. The molecule has 0 bridgehead atoms. The predicted molar refractivity (Wildman–Crippen MR) is 77.7 cm³/mol. The maximum Gasteiger partial charge on any atom is 0.225 e. The molecule has 0 spiro atoms. The summed E-state index contributed by atoms with van der Waals surface area (Å²) in [6.45, 7) is 1.99. The van der Waals surface area contributed by atoms with Gasteiger partial charge in [-0.3, -0.25) is 4.79 Å². The lowest BCUT2D eigenvalue weighted by atomic mass is 9.87. The van der Waals surface area contributed by atoms with Crippen molar-refractivity contribution < 1.29 is 4.79 Å². The molecule has 19 heavy (non-hydrogen) atoms. The average molecular weight is 293 g/mol. The SMILES string of the molecule is CCSC1=C(C#N)[C@H](c2cccc(Cl)c2)CC(=O)N1. The first-order valence-electron chi connectivity index (χ1n) is 5.98. The van der Waals surface area contributed by atoms with E-state index in [-0.39, 0.29) is 18.2 Å². The van der Waals surface area contributed by atoms with Crippen LogP contribution in [0.4, 0.5) is 0 Å². The van der Waals surface area contributed by atoms with Crippen molar-refractivity contribution in [2.45, 2.75) is 19.3 Å². The Kier molecular flexibility index (Phi) is 4.52. The summed E-state index contributed by atoms with van der Waals surface area (Å²) in [5, 5.41) is 13.4. The molecule has 1 N–H and O–H groups in total. The number of thioether (sulfide) groups is 1. The first kappa shape index (κ1) is 14.0. The third kappa shape index (κ3) is 3.12. The van der Waals surface area contributed by atoms with Crippen LogP contribution in [0.2, 0.25) is 5.02 Å². The number of halogens is 1. The highest BCUT2D eigenvalue weighted by atomic mass is 35.5. The van der Waals surface area contributed by atoms with Gasteiger partial charge in [0, 0.05) is 17.4 Å². The molecule has 98 valence electrons. The molecular formula is C14H13ClN2OS. The molecule has 3 nitrogen and oxygen atoms in total. The molecule has 1 aromatic carbocycles. The lowest BCUT2D eigenvalue weighted by Crippen LogP contribution is -2.30. The molecule has 1 aromatic rings. The van der Waals surface area contributed by atoms with Crippen LogP contribution in [0.3, 0.4) is 0 Å². The first-order chi connectivity index (χ1) is 9.15. The van der Waals surface area contributed by atoms with Crippen molar-refractivity contribution in [3.05, 3.63) is 45.5 Å². The molecule has 1 atom stereocenters. The highest BCUT2D eigenvalue weighted by Gasteiger charge is 2.29. The highest BCUT2D eigenvalue weighted by molar-refractivity contribution is 8.03. The molecule has 0 aromatic heterocycles. The van der Waals surface area contributed by atoms with Crippen molar-refractivity contribution in [1.29, 1.82) is 5.26 Å². The minimum absolute atomic E-state index is 0.0556. The minimum Gasteiger partial charge on any atom is -0.320 e. The molecule has 0 saturated heterocycles. The summed E-state index contributed by atoms with van der Waals surface area (Å²) < 4.78 is 0. The standard InChI is InChI=1S/C14H13ClN2OS/c1-2-19-14-12(8-16)11(7-13(18)17-14)9-4-3-5-10(15)6-9/h3-6,11H,2,7H2,1H3,(H,17,18)/t11-/m0/s1. The summed E-state index contributed by atoms with van der Waals surface area (Å²) in [5.41, 5.74) is 1.53. The highest BCUT2D eigenvalue weighted by Crippen LogP contribution is 2.36. The van der Waals surface area contributed by atoms with E-state index in [2.05, 4.69) is 11.4 Å². The predicted octanol–water partition coefficient (Wildman–Crippen LogP) is 3.43. The van der Waals surface area contributed by atoms with Gasteiger partial charge in [-0.15, -0.1) is 11.8 Å². The number of rotatable bonds is 3. The van der Waals surface area contributed by atoms with Crippen molar-refractivity contribution in [3.8, 4) is 6.07 Å². The Hall–Kier alpha value is -1.44. The van der Waals surface area contributed by atoms with Crippen LogP contribution in [0.15, 0.2) is 34.9 Å². The number of nitrogens with zero attached hydrogens (tertiary/aromatic N) is 1. The van der Waals surface area contributed by atoms with Crippen LogP contribution < -0.4 is 5.32 Å². The molecule has 0 unspecified atom stereocenters. The molecule has 1 amide bonds. The van der Waals surface area contributed by atoms with E-state index < -0.39 is 0 Å². The number of allylic oxidation sites excluding steroid dienone is 1. The quantitative estimate of drug-likeness (QED) is 0.928. The number of nitrogens with one attached hydrogen (secondary N) is 1. The van der Waals surface area contributed by atoms with E-state index in [9.17, 15) is 10.1 Å². The van der Waals surface area contributed by atoms with Gasteiger partial charge in [0.15, 0.2) is 0 Å². The number of hydrogen-bond donors (Lipinski definition) is 1. The third-order valence-electron chi connectivity index (χ3n) is 2.90. The van der Waals surface area contributed by atoms with Crippen molar-refractivity contribution in [1.82, 2.24) is 5.32 Å². The molecule has 0 fully saturated rings. The topological polar surface area (TPSA) is 52.9 Å². The Morgan fingerprint density at radius 3 is 3.00 bits per heavy atom. The van der Waals surface area contributed by atoms with Crippen molar-refractivity contribution >= 4 is 29.3 Å². The van der Waals surface area contributed by atoms with Crippen LogP contribution in [0, 0.1) is 11.3 Å². The fraction of sp³-hybridized carbons (Fsp3) is 0.286. The largest absolute Gasteiger partial charge is 0.320 e. The molecule has 1 heterocycles. The van der Waals surface area contributed by atoms with Crippen LogP contribution in [0.5, 0.6) is 0 Å². The molecule has 1 aliphatic rings. The maximum absolute atomic E-state index is 11.8. The van der Waals surface area contributed by atoms with Gasteiger partial charge in [0.25, 0.3) is 0 Å². The van der Waals surface area contributed by atoms with Crippen LogP contribution in [0.25, 0.3) is 0 Å². The van der Waals surface area contributed by atoms with Gasteiger partial charge in [0.2, 0.25) is 5.91 Å². The van der Waals surface area contributed by atoms with Crippen LogP contribution in [0.1, 0.15) is 24.8 Å². The van der Waals surface area contributed by atoms with Crippen molar-refractivity contribution in [2.75, 3.05) is 5.75 Å².